The molecule has 44 heavy (non-hydrogen) atoms. The Morgan fingerprint density at radius 2 is 1.48 bits per heavy atom. The topological polar surface area (TPSA) is 202 Å². The molecule has 0 N–H and O–H groups in total. The first-order valence-corrected chi connectivity index (χ1v) is 12.6. The molecule has 0 radical (unpaired) electrons. The highest BCUT2D eigenvalue weighted by Crippen LogP contribution is 2.33. The second-order valence-electron chi connectivity index (χ2n) is 8.93. The van der Waals surface area contributed by atoms with Gasteiger partial charge in [0.15, 0.2) is 18.3 Å². The lowest BCUT2D eigenvalue weighted by Crippen LogP contribution is -2.64. The van der Waals surface area contributed by atoms with E-state index in [1.807, 2.05) is 0 Å². The quantitative estimate of drug-likeness (QED) is 0.123. The number of hydrogen-bond acceptors (Lipinski definition) is 15. The number of nitro groups is 1. The molecule has 0 aliphatic carbocycles. The molecule has 0 amide bonds. The monoisotopic (exact) mass is 623 g/mol. The van der Waals surface area contributed by atoms with Crippen molar-refractivity contribution in [2.24, 2.45) is 0 Å². The van der Waals surface area contributed by atoms with Crippen molar-refractivity contribution in [3.8, 4) is 11.5 Å². The highest BCUT2D eigenvalue weighted by atomic mass is 19.1. The number of rotatable bonds is 10. The molecule has 0 spiro atoms. The summed E-state index contributed by atoms with van der Waals surface area (Å²) in [4.78, 5) is 70.8. The average Bonchev–Trinajstić information content (AvgIpc) is 2.95. The third-order valence-electron chi connectivity index (χ3n) is 5.69. The maximum absolute atomic E-state index is 14.2. The Morgan fingerprint density at radius 1 is 0.886 bits per heavy atom. The summed E-state index contributed by atoms with van der Waals surface area (Å²) in [7, 11) is 1.01. The van der Waals surface area contributed by atoms with Gasteiger partial charge in [0.05, 0.1) is 12.0 Å². The summed E-state index contributed by atoms with van der Waals surface area (Å²) in [5.41, 5.74) is -0.342. The number of esters is 4. The fourth-order valence-corrected chi connectivity index (χ4v) is 3.97. The molecule has 1 saturated heterocycles. The molecular formula is C27H26FNO15. The maximum atomic E-state index is 14.2. The number of non-ortho nitro benzene ring substituents is 1. The SMILES string of the molecule is COC(=O)[C@H]1O[C@@H](Oc2ccc(F)cc2COC(=O)Oc2ccc([N+](=O)[O-])cc2)[C@H](OC(C)=O)[C@@H](OC(C)=O)[C@@H]1OC(C)=O. The highest BCUT2D eigenvalue weighted by molar-refractivity contribution is 5.77. The van der Waals surface area contributed by atoms with Gasteiger partial charge < -0.3 is 37.9 Å². The Bertz CT molecular complexity index is 1410. The molecule has 2 aromatic carbocycles. The molecule has 1 fully saturated rings. The van der Waals surface area contributed by atoms with Crippen molar-refractivity contribution in [2.45, 2.75) is 58.1 Å². The fraction of sp³-hybridized carbons (Fsp3) is 0.370. The molecule has 17 heteroatoms. The second-order valence-corrected chi connectivity index (χ2v) is 8.93. The summed E-state index contributed by atoms with van der Waals surface area (Å²) in [6, 6.07) is 7.53. The van der Waals surface area contributed by atoms with Gasteiger partial charge in [-0.15, -0.1) is 0 Å². The Balaban J connectivity index is 1.89. The highest BCUT2D eigenvalue weighted by Gasteiger charge is 2.56. The van der Waals surface area contributed by atoms with Crippen LogP contribution in [0.5, 0.6) is 11.5 Å². The number of halogens is 1. The van der Waals surface area contributed by atoms with E-state index in [4.69, 9.17) is 37.9 Å². The smallest absolute Gasteiger partial charge is 0.467 e. The molecule has 0 saturated carbocycles. The van der Waals surface area contributed by atoms with Crippen LogP contribution in [-0.4, -0.2) is 72.8 Å². The number of carbonyl (C=O) groups is 5. The number of ether oxygens (including phenoxy) is 8. The lowest BCUT2D eigenvalue weighted by atomic mass is 9.97. The minimum atomic E-state index is -1.75. The first kappa shape index (κ1) is 33.2. The van der Waals surface area contributed by atoms with Crippen LogP contribution < -0.4 is 9.47 Å². The maximum Gasteiger partial charge on any atom is 0.514 e. The predicted molar refractivity (Wildman–Crippen MR) is 138 cm³/mol. The third kappa shape index (κ3) is 8.84. The van der Waals surface area contributed by atoms with Crippen molar-refractivity contribution in [2.75, 3.05) is 7.11 Å². The van der Waals surface area contributed by atoms with Crippen LogP contribution in [0.15, 0.2) is 42.5 Å². The minimum absolute atomic E-state index is 0.0798. The van der Waals surface area contributed by atoms with E-state index in [1.54, 1.807) is 0 Å². The Morgan fingerprint density at radius 3 is 2.05 bits per heavy atom. The van der Waals surface area contributed by atoms with Crippen LogP contribution in [0.4, 0.5) is 14.9 Å². The third-order valence-corrected chi connectivity index (χ3v) is 5.69. The Hall–Kier alpha value is -5.32. The second kappa shape index (κ2) is 14.7. The van der Waals surface area contributed by atoms with E-state index in [0.29, 0.717) is 0 Å². The first-order chi connectivity index (χ1) is 20.8. The molecule has 1 aliphatic heterocycles. The zero-order chi connectivity index (χ0) is 32.6. The van der Waals surface area contributed by atoms with Crippen molar-refractivity contribution >= 4 is 35.7 Å². The number of benzene rings is 2. The number of nitro benzene ring substituents is 1. The van der Waals surface area contributed by atoms with E-state index >= 15 is 0 Å². The number of carbonyl (C=O) groups excluding carboxylic acids is 5. The van der Waals surface area contributed by atoms with Crippen molar-refractivity contribution in [3.63, 3.8) is 0 Å². The van der Waals surface area contributed by atoms with Gasteiger partial charge in [0.1, 0.15) is 23.9 Å². The van der Waals surface area contributed by atoms with Gasteiger partial charge in [0, 0.05) is 38.5 Å². The van der Waals surface area contributed by atoms with E-state index < -0.39 is 78.1 Å². The van der Waals surface area contributed by atoms with Crippen LogP contribution in [0.2, 0.25) is 0 Å². The normalized spacial score (nSPS) is 20.8. The molecule has 1 aliphatic rings. The van der Waals surface area contributed by atoms with E-state index in [0.717, 1.165) is 70.3 Å². The summed E-state index contributed by atoms with van der Waals surface area (Å²) in [6.45, 7) is 2.40. The lowest BCUT2D eigenvalue weighted by molar-refractivity contribution is -0.384. The van der Waals surface area contributed by atoms with Crippen LogP contribution in [-0.2, 0) is 54.2 Å². The molecule has 0 bridgehead atoms. The molecule has 1 heterocycles. The van der Waals surface area contributed by atoms with E-state index in [2.05, 4.69) is 0 Å². The molecule has 0 unspecified atom stereocenters. The first-order valence-electron chi connectivity index (χ1n) is 12.6. The van der Waals surface area contributed by atoms with Crippen molar-refractivity contribution < 1.29 is 71.2 Å². The summed E-state index contributed by atoms with van der Waals surface area (Å²) in [5.74, 6) is -4.84. The van der Waals surface area contributed by atoms with Gasteiger partial charge in [-0.25, -0.2) is 14.0 Å². The van der Waals surface area contributed by atoms with E-state index in [-0.39, 0.29) is 22.7 Å². The summed E-state index contributed by atoms with van der Waals surface area (Å²) >= 11 is 0. The summed E-state index contributed by atoms with van der Waals surface area (Å²) in [5, 5.41) is 10.8. The van der Waals surface area contributed by atoms with Gasteiger partial charge in [-0.05, 0) is 30.3 Å². The zero-order valence-corrected chi connectivity index (χ0v) is 23.6. The molecular weight excluding hydrogens is 597 g/mol. The van der Waals surface area contributed by atoms with Gasteiger partial charge in [-0.2, -0.15) is 0 Å². The number of nitrogens with zero attached hydrogens (tertiary/aromatic N) is 1. The Labute approximate surface area is 247 Å². The van der Waals surface area contributed by atoms with Crippen molar-refractivity contribution in [1.29, 1.82) is 0 Å². The molecule has 3 rings (SSSR count). The van der Waals surface area contributed by atoms with Gasteiger partial charge in [-0.1, -0.05) is 0 Å². The van der Waals surface area contributed by atoms with Gasteiger partial charge in [0.25, 0.3) is 5.69 Å². The predicted octanol–water partition coefficient (Wildman–Crippen LogP) is 2.52. The van der Waals surface area contributed by atoms with Crippen LogP contribution in [0.3, 0.4) is 0 Å². The minimum Gasteiger partial charge on any atom is -0.467 e. The van der Waals surface area contributed by atoms with E-state index in [9.17, 15) is 38.5 Å². The van der Waals surface area contributed by atoms with Crippen LogP contribution in [0.1, 0.15) is 26.3 Å². The number of hydrogen-bond donors (Lipinski definition) is 0. The summed E-state index contributed by atoms with van der Waals surface area (Å²) in [6.07, 6.45) is -9.69. The average molecular weight is 623 g/mol. The molecule has 236 valence electrons. The van der Waals surface area contributed by atoms with Crippen molar-refractivity contribution in [1.82, 2.24) is 0 Å². The summed E-state index contributed by atoms with van der Waals surface area (Å²) < 4.78 is 56.1. The fourth-order valence-electron chi connectivity index (χ4n) is 3.97. The standard InChI is InChI=1S/C27H26FNO15/c1-13(30)39-21-22(40-14(2)31)24(41-15(3)32)26(44-23(21)25(33)37-4)43-20-10-5-17(28)11-16(20)12-38-27(34)42-19-8-6-18(7-9-19)29(35)36/h5-11,21-24,26H,12H2,1-4H3/t21-,22-,23-,24+,26+/m0/s1. The largest absolute Gasteiger partial charge is 0.514 e. The van der Waals surface area contributed by atoms with Crippen LogP contribution in [0.25, 0.3) is 0 Å². The van der Waals surface area contributed by atoms with E-state index in [1.165, 1.54) is 0 Å². The van der Waals surface area contributed by atoms with Crippen LogP contribution in [0, 0.1) is 15.9 Å². The Kier molecular flexibility index (Phi) is 11.1. The zero-order valence-electron chi connectivity index (χ0n) is 23.6. The molecule has 5 atom stereocenters. The van der Waals surface area contributed by atoms with Gasteiger partial charge in [0.2, 0.25) is 12.4 Å². The molecule has 16 nitrogen and oxygen atoms in total. The van der Waals surface area contributed by atoms with Gasteiger partial charge >= 0.3 is 30.0 Å². The van der Waals surface area contributed by atoms with Crippen molar-refractivity contribution in [3.05, 3.63) is 64.0 Å². The lowest BCUT2D eigenvalue weighted by Gasteiger charge is -2.43. The number of methoxy groups -OCH3 is 1. The molecule has 0 aromatic heterocycles. The van der Waals surface area contributed by atoms with Gasteiger partial charge in [-0.3, -0.25) is 24.5 Å². The van der Waals surface area contributed by atoms with Crippen LogP contribution >= 0.6 is 0 Å². The molecule has 2 aromatic rings.